The van der Waals surface area contributed by atoms with Gasteiger partial charge in [-0.1, -0.05) is 17.7 Å². The van der Waals surface area contributed by atoms with Crippen molar-refractivity contribution in [1.29, 1.82) is 0 Å². The highest BCUT2D eigenvalue weighted by molar-refractivity contribution is 6.30. The molecule has 6 nitrogen and oxygen atoms in total. The average molecular weight is 374 g/mol. The average Bonchev–Trinajstić information content (AvgIpc) is 3.17. The number of halogens is 1. The zero-order valence-corrected chi connectivity index (χ0v) is 15.2. The Balaban J connectivity index is 1.48. The van der Waals surface area contributed by atoms with Gasteiger partial charge in [0.15, 0.2) is 5.69 Å². The normalized spacial score (nSPS) is 21.0. The van der Waals surface area contributed by atoms with Crippen LogP contribution in [0.25, 0.3) is 5.69 Å². The fraction of sp³-hybridized carbons (Fsp3) is 0.421. The summed E-state index contributed by atoms with van der Waals surface area (Å²) in [4.78, 5) is 25.8. The number of benzene rings is 1. The number of nitrogens with zero attached hydrogens (tertiary/aromatic N) is 3. The van der Waals surface area contributed by atoms with Gasteiger partial charge in [0, 0.05) is 23.8 Å². The SMILES string of the molecule is Cc1cc(C(=O)N2CCC3(CC2)CC3C(=O)O)nn1-c1cccc(Cl)c1. The van der Waals surface area contributed by atoms with Crippen LogP contribution in [0.2, 0.25) is 5.02 Å². The molecule has 26 heavy (non-hydrogen) atoms. The van der Waals surface area contributed by atoms with Crippen molar-refractivity contribution >= 4 is 23.5 Å². The number of carbonyl (C=O) groups excluding carboxylic acids is 1. The monoisotopic (exact) mass is 373 g/mol. The fourth-order valence-electron chi connectivity index (χ4n) is 4.01. The highest BCUT2D eigenvalue weighted by Gasteiger charge is 2.59. The first-order valence-electron chi connectivity index (χ1n) is 8.74. The Morgan fingerprint density at radius 3 is 2.62 bits per heavy atom. The maximum atomic E-state index is 12.8. The van der Waals surface area contributed by atoms with E-state index in [2.05, 4.69) is 5.10 Å². The summed E-state index contributed by atoms with van der Waals surface area (Å²) < 4.78 is 1.71. The van der Waals surface area contributed by atoms with Crippen LogP contribution >= 0.6 is 11.6 Å². The van der Waals surface area contributed by atoms with E-state index in [-0.39, 0.29) is 17.2 Å². The van der Waals surface area contributed by atoms with E-state index in [4.69, 9.17) is 11.6 Å². The van der Waals surface area contributed by atoms with E-state index in [1.807, 2.05) is 19.1 Å². The highest BCUT2D eigenvalue weighted by atomic mass is 35.5. The Morgan fingerprint density at radius 1 is 1.27 bits per heavy atom. The first-order chi connectivity index (χ1) is 12.4. The number of carboxylic acids is 1. The standard InChI is InChI=1S/C19H20ClN3O3/c1-12-9-16(21-23(12)14-4-2-3-13(20)10-14)17(24)22-7-5-19(6-8-22)11-15(19)18(25)26/h2-4,9-10,15H,5-8,11H2,1H3,(H,25,26). The predicted octanol–water partition coefficient (Wildman–Crippen LogP) is 3.16. The smallest absolute Gasteiger partial charge is 0.307 e. The highest BCUT2D eigenvalue weighted by Crippen LogP contribution is 2.59. The zero-order valence-electron chi connectivity index (χ0n) is 14.5. The van der Waals surface area contributed by atoms with Gasteiger partial charge in [-0.2, -0.15) is 5.10 Å². The lowest BCUT2D eigenvalue weighted by molar-refractivity contribution is -0.139. The number of hydrogen-bond acceptors (Lipinski definition) is 3. The molecule has 136 valence electrons. The molecule has 0 radical (unpaired) electrons. The number of piperidine rings is 1. The molecule has 1 aromatic heterocycles. The van der Waals surface area contributed by atoms with Gasteiger partial charge in [0.2, 0.25) is 0 Å². The first-order valence-corrected chi connectivity index (χ1v) is 9.12. The molecule has 1 aromatic carbocycles. The number of carbonyl (C=O) groups is 2. The molecule has 1 aliphatic carbocycles. The molecular weight excluding hydrogens is 354 g/mol. The van der Waals surface area contributed by atoms with E-state index < -0.39 is 5.97 Å². The molecule has 1 unspecified atom stereocenters. The van der Waals surface area contributed by atoms with Gasteiger partial charge in [0.1, 0.15) is 0 Å². The van der Waals surface area contributed by atoms with Crippen molar-refractivity contribution in [1.82, 2.24) is 14.7 Å². The second kappa shape index (κ2) is 6.13. The maximum absolute atomic E-state index is 12.8. The summed E-state index contributed by atoms with van der Waals surface area (Å²) >= 11 is 6.05. The molecule has 1 saturated heterocycles. The molecule has 4 rings (SSSR count). The molecule has 1 saturated carbocycles. The number of likely N-dealkylation sites (tertiary alicyclic amines) is 1. The van der Waals surface area contributed by atoms with Gasteiger partial charge in [0.25, 0.3) is 5.91 Å². The Bertz CT molecular complexity index is 884. The van der Waals surface area contributed by atoms with Gasteiger partial charge in [-0.05, 0) is 55.9 Å². The van der Waals surface area contributed by atoms with Crippen molar-refractivity contribution in [3.8, 4) is 5.69 Å². The molecule has 1 spiro atoms. The van der Waals surface area contributed by atoms with Gasteiger partial charge in [-0.3, -0.25) is 9.59 Å². The van der Waals surface area contributed by atoms with Gasteiger partial charge in [-0.15, -0.1) is 0 Å². The molecule has 2 fully saturated rings. The van der Waals surface area contributed by atoms with Crippen molar-refractivity contribution in [2.75, 3.05) is 13.1 Å². The van der Waals surface area contributed by atoms with E-state index >= 15 is 0 Å². The van der Waals surface area contributed by atoms with Gasteiger partial charge in [0.05, 0.1) is 11.6 Å². The number of rotatable bonds is 3. The summed E-state index contributed by atoms with van der Waals surface area (Å²) in [6.45, 7) is 3.08. The number of aryl methyl sites for hydroxylation is 1. The summed E-state index contributed by atoms with van der Waals surface area (Å²) in [6, 6.07) is 9.12. The number of amides is 1. The van der Waals surface area contributed by atoms with E-state index in [1.165, 1.54) is 0 Å². The van der Waals surface area contributed by atoms with Crippen LogP contribution in [0.5, 0.6) is 0 Å². The molecule has 0 bridgehead atoms. The molecule has 7 heteroatoms. The molecule has 2 aliphatic rings. The summed E-state index contributed by atoms with van der Waals surface area (Å²) in [5.74, 6) is -1.04. The van der Waals surface area contributed by atoms with E-state index in [9.17, 15) is 14.7 Å². The summed E-state index contributed by atoms with van der Waals surface area (Å²) in [5, 5.41) is 14.3. The lowest BCUT2D eigenvalue weighted by Gasteiger charge is -2.32. The third kappa shape index (κ3) is 2.88. The summed E-state index contributed by atoms with van der Waals surface area (Å²) in [6.07, 6.45) is 2.25. The summed E-state index contributed by atoms with van der Waals surface area (Å²) in [5.41, 5.74) is 1.99. The van der Waals surface area contributed by atoms with Crippen LogP contribution in [-0.2, 0) is 4.79 Å². The molecule has 1 aliphatic heterocycles. The van der Waals surface area contributed by atoms with Crippen LogP contribution in [0.4, 0.5) is 0 Å². The van der Waals surface area contributed by atoms with Crippen LogP contribution in [0, 0.1) is 18.3 Å². The van der Waals surface area contributed by atoms with Crippen LogP contribution in [0.1, 0.15) is 35.4 Å². The largest absolute Gasteiger partial charge is 0.481 e. The number of aliphatic carboxylic acids is 1. The Hall–Kier alpha value is -2.34. The van der Waals surface area contributed by atoms with Crippen molar-refractivity contribution in [3.05, 3.63) is 46.7 Å². The minimum atomic E-state index is -0.708. The number of hydrogen-bond donors (Lipinski definition) is 1. The minimum absolute atomic E-state index is 0.0846. The van der Waals surface area contributed by atoms with E-state index in [0.717, 1.165) is 30.6 Å². The molecule has 1 amide bonds. The van der Waals surface area contributed by atoms with E-state index in [0.29, 0.717) is 23.8 Å². The Labute approximate surface area is 156 Å². The molecule has 2 aromatic rings. The second-order valence-corrected chi connectivity index (χ2v) is 7.75. The minimum Gasteiger partial charge on any atom is -0.481 e. The lowest BCUT2D eigenvalue weighted by Crippen LogP contribution is -2.40. The van der Waals surface area contributed by atoms with Gasteiger partial charge >= 0.3 is 5.97 Å². The molecule has 1 atom stereocenters. The van der Waals surface area contributed by atoms with Crippen molar-refractivity contribution < 1.29 is 14.7 Å². The van der Waals surface area contributed by atoms with Crippen molar-refractivity contribution in [3.63, 3.8) is 0 Å². The zero-order chi connectivity index (χ0) is 18.5. The Kier molecular flexibility index (Phi) is 4.03. The fourth-order valence-corrected chi connectivity index (χ4v) is 4.20. The van der Waals surface area contributed by atoms with Crippen LogP contribution < -0.4 is 0 Å². The Morgan fingerprint density at radius 2 is 2.00 bits per heavy atom. The van der Waals surface area contributed by atoms with Crippen LogP contribution in [0.15, 0.2) is 30.3 Å². The molecule has 2 heterocycles. The van der Waals surface area contributed by atoms with Crippen molar-refractivity contribution in [2.24, 2.45) is 11.3 Å². The number of carboxylic acid groups (broad SMARTS) is 1. The third-order valence-corrected chi connectivity index (χ3v) is 5.93. The first kappa shape index (κ1) is 17.1. The quantitative estimate of drug-likeness (QED) is 0.896. The lowest BCUT2D eigenvalue weighted by atomic mass is 9.90. The predicted molar refractivity (Wildman–Crippen MR) is 96.6 cm³/mol. The van der Waals surface area contributed by atoms with Gasteiger partial charge < -0.3 is 10.0 Å². The van der Waals surface area contributed by atoms with E-state index in [1.54, 1.807) is 27.8 Å². The second-order valence-electron chi connectivity index (χ2n) is 7.31. The topological polar surface area (TPSA) is 75.4 Å². The summed E-state index contributed by atoms with van der Waals surface area (Å²) in [7, 11) is 0. The molecule has 1 N–H and O–H groups in total. The third-order valence-electron chi connectivity index (χ3n) is 5.69. The van der Waals surface area contributed by atoms with Crippen LogP contribution in [-0.4, -0.2) is 44.8 Å². The maximum Gasteiger partial charge on any atom is 0.307 e. The van der Waals surface area contributed by atoms with Crippen molar-refractivity contribution in [2.45, 2.75) is 26.2 Å². The molecular formula is C19H20ClN3O3. The van der Waals surface area contributed by atoms with Crippen LogP contribution in [0.3, 0.4) is 0 Å². The number of aromatic nitrogens is 2. The van der Waals surface area contributed by atoms with Gasteiger partial charge in [-0.25, -0.2) is 4.68 Å².